The van der Waals surface area contributed by atoms with Gasteiger partial charge in [-0.3, -0.25) is 0 Å². The van der Waals surface area contributed by atoms with Gasteiger partial charge in [0, 0.05) is 16.7 Å². The Balaban J connectivity index is 1.54. The molecule has 0 spiro atoms. The van der Waals surface area contributed by atoms with Crippen LogP contribution in [0.5, 0.6) is 11.5 Å². The van der Waals surface area contributed by atoms with Gasteiger partial charge in [-0.05, 0) is 36.4 Å². The van der Waals surface area contributed by atoms with Crippen LogP contribution in [0.2, 0.25) is 0 Å². The van der Waals surface area contributed by atoms with Crippen molar-refractivity contribution in [3.05, 3.63) is 94.8 Å². The second-order valence-electron chi connectivity index (χ2n) is 6.35. The minimum Gasteiger partial charge on any atom is -0.508 e. The highest BCUT2D eigenvalue weighted by Gasteiger charge is 2.25. The van der Waals surface area contributed by atoms with Crippen LogP contribution in [-0.2, 0) is 22.7 Å². The van der Waals surface area contributed by atoms with Crippen LogP contribution in [0.3, 0.4) is 0 Å². The maximum atomic E-state index is 14.0. The molecule has 1 atom stereocenters. The van der Waals surface area contributed by atoms with Gasteiger partial charge in [0.25, 0.3) is 0 Å². The van der Waals surface area contributed by atoms with Crippen LogP contribution in [0.15, 0.2) is 66.7 Å². The van der Waals surface area contributed by atoms with Gasteiger partial charge in [-0.25, -0.2) is 9.18 Å². The zero-order valence-electron chi connectivity index (χ0n) is 14.8. The molecule has 3 aromatic carbocycles. The number of phenols is 1. The SMILES string of the molecule is O=C(OCc1cc(F)cc2c1O[C@@H](c1ccccc1)OC2)c1ccc(O)cc1. The second-order valence-corrected chi connectivity index (χ2v) is 6.35. The molecule has 6 heteroatoms. The van der Waals surface area contributed by atoms with Crippen LogP contribution in [0, 0.1) is 5.82 Å². The van der Waals surface area contributed by atoms with Crippen molar-refractivity contribution < 1.29 is 28.5 Å². The lowest BCUT2D eigenvalue weighted by molar-refractivity contribution is -0.112. The van der Waals surface area contributed by atoms with Gasteiger partial charge in [0.05, 0.1) is 12.2 Å². The Morgan fingerprint density at radius 1 is 1.11 bits per heavy atom. The summed E-state index contributed by atoms with van der Waals surface area (Å²) >= 11 is 0. The molecule has 0 bridgehead atoms. The Bertz CT molecular complexity index is 986. The van der Waals surface area contributed by atoms with Gasteiger partial charge in [-0.1, -0.05) is 30.3 Å². The first-order valence-corrected chi connectivity index (χ1v) is 8.71. The van der Waals surface area contributed by atoms with E-state index < -0.39 is 18.1 Å². The number of ether oxygens (including phenoxy) is 3. The molecular weight excluding hydrogens is 363 g/mol. The highest BCUT2D eigenvalue weighted by Crippen LogP contribution is 2.36. The Kier molecular flexibility index (Phi) is 4.95. The van der Waals surface area contributed by atoms with Gasteiger partial charge in [-0.2, -0.15) is 0 Å². The molecule has 28 heavy (non-hydrogen) atoms. The lowest BCUT2D eigenvalue weighted by atomic mass is 10.1. The minimum atomic E-state index is -0.620. The number of hydrogen-bond acceptors (Lipinski definition) is 5. The second kappa shape index (κ2) is 7.70. The molecule has 0 aromatic heterocycles. The number of fused-ring (bicyclic) bond motifs is 1. The molecule has 0 unspecified atom stereocenters. The normalized spacial score (nSPS) is 15.4. The van der Waals surface area contributed by atoms with Crippen molar-refractivity contribution in [1.29, 1.82) is 0 Å². The van der Waals surface area contributed by atoms with Gasteiger partial charge >= 0.3 is 5.97 Å². The Labute approximate surface area is 160 Å². The van der Waals surface area contributed by atoms with E-state index in [1.54, 1.807) is 0 Å². The van der Waals surface area contributed by atoms with Crippen molar-refractivity contribution in [1.82, 2.24) is 0 Å². The number of hydrogen-bond donors (Lipinski definition) is 1. The number of benzene rings is 3. The van der Waals surface area contributed by atoms with E-state index in [4.69, 9.17) is 14.2 Å². The maximum absolute atomic E-state index is 14.0. The Morgan fingerprint density at radius 3 is 2.61 bits per heavy atom. The van der Waals surface area contributed by atoms with E-state index in [1.807, 2.05) is 30.3 Å². The summed E-state index contributed by atoms with van der Waals surface area (Å²) in [5, 5.41) is 9.31. The van der Waals surface area contributed by atoms with Gasteiger partial charge in [-0.15, -0.1) is 0 Å². The molecule has 0 aliphatic carbocycles. The van der Waals surface area contributed by atoms with E-state index in [0.717, 1.165) is 5.56 Å². The summed E-state index contributed by atoms with van der Waals surface area (Å²) in [6.45, 7) is 0.0346. The van der Waals surface area contributed by atoms with E-state index in [-0.39, 0.29) is 24.5 Å². The predicted octanol–water partition coefficient (Wildman–Crippen LogP) is 4.50. The van der Waals surface area contributed by atoms with Crippen molar-refractivity contribution in [2.45, 2.75) is 19.5 Å². The summed E-state index contributed by atoms with van der Waals surface area (Å²) in [7, 11) is 0. The first kappa shape index (κ1) is 18.0. The van der Waals surface area contributed by atoms with Gasteiger partial charge in [0.2, 0.25) is 6.29 Å². The number of aromatic hydroxyl groups is 1. The number of halogens is 1. The van der Waals surface area contributed by atoms with Crippen LogP contribution in [-0.4, -0.2) is 11.1 Å². The summed E-state index contributed by atoms with van der Waals surface area (Å²) < 4.78 is 30.9. The molecule has 1 aliphatic heterocycles. The highest BCUT2D eigenvalue weighted by molar-refractivity contribution is 5.89. The largest absolute Gasteiger partial charge is 0.508 e. The summed E-state index contributed by atoms with van der Waals surface area (Å²) in [5.74, 6) is -0.527. The topological polar surface area (TPSA) is 65.0 Å². The smallest absolute Gasteiger partial charge is 0.338 e. The molecule has 1 N–H and O–H groups in total. The van der Waals surface area contributed by atoms with E-state index in [0.29, 0.717) is 16.9 Å². The summed E-state index contributed by atoms with van der Waals surface area (Å²) in [5.41, 5.74) is 2.10. The molecule has 0 fully saturated rings. The molecular formula is C22H17FO5. The minimum absolute atomic E-state index is 0.0519. The van der Waals surface area contributed by atoms with Crippen LogP contribution in [0.4, 0.5) is 4.39 Å². The van der Waals surface area contributed by atoms with Crippen molar-refractivity contribution in [3.8, 4) is 11.5 Å². The molecule has 0 saturated carbocycles. The third kappa shape index (κ3) is 3.82. The monoisotopic (exact) mass is 380 g/mol. The van der Waals surface area contributed by atoms with E-state index in [2.05, 4.69) is 0 Å². The number of carbonyl (C=O) groups is 1. The zero-order chi connectivity index (χ0) is 19.5. The van der Waals surface area contributed by atoms with Gasteiger partial charge < -0.3 is 19.3 Å². The van der Waals surface area contributed by atoms with Crippen LogP contribution >= 0.6 is 0 Å². The van der Waals surface area contributed by atoms with E-state index >= 15 is 0 Å². The Hall–Kier alpha value is -3.38. The fourth-order valence-electron chi connectivity index (χ4n) is 2.98. The third-order valence-electron chi connectivity index (χ3n) is 4.36. The average molecular weight is 380 g/mol. The summed E-state index contributed by atoms with van der Waals surface area (Å²) in [4.78, 5) is 12.2. The summed E-state index contributed by atoms with van der Waals surface area (Å²) in [6.07, 6.45) is -0.620. The molecule has 1 heterocycles. The quantitative estimate of drug-likeness (QED) is 0.676. The molecule has 1 aliphatic rings. The average Bonchev–Trinajstić information content (AvgIpc) is 2.72. The highest BCUT2D eigenvalue weighted by atomic mass is 19.1. The lowest BCUT2D eigenvalue weighted by Crippen LogP contribution is -2.20. The van der Waals surface area contributed by atoms with Crippen LogP contribution < -0.4 is 4.74 Å². The molecule has 0 saturated heterocycles. The van der Waals surface area contributed by atoms with Crippen LogP contribution in [0.25, 0.3) is 0 Å². The summed E-state index contributed by atoms with van der Waals surface area (Å²) in [6, 6.07) is 17.7. The number of esters is 1. The van der Waals surface area contributed by atoms with E-state index in [9.17, 15) is 14.3 Å². The number of phenolic OH excluding ortho intramolecular Hbond substituents is 1. The van der Waals surface area contributed by atoms with Crippen molar-refractivity contribution in [2.24, 2.45) is 0 Å². The van der Waals surface area contributed by atoms with E-state index in [1.165, 1.54) is 36.4 Å². The zero-order valence-corrected chi connectivity index (χ0v) is 14.8. The fourth-order valence-corrected chi connectivity index (χ4v) is 2.98. The van der Waals surface area contributed by atoms with Crippen molar-refractivity contribution in [3.63, 3.8) is 0 Å². The Morgan fingerprint density at radius 2 is 1.86 bits per heavy atom. The molecule has 0 amide bonds. The first-order valence-electron chi connectivity index (χ1n) is 8.71. The first-order chi connectivity index (χ1) is 13.6. The molecule has 142 valence electrons. The molecule has 0 radical (unpaired) electrons. The molecule has 5 nitrogen and oxygen atoms in total. The fraction of sp³-hybridized carbons (Fsp3) is 0.136. The number of carbonyl (C=O) groups excluding carboxylic acids is 1. The van der Waals surface area contributed by atoms with Gasteiger partial charge in [0.15, 0.2) is 0 Å². The van der Waals surface area contributed by atoms with Crippen molar-refractivity contribution >= 4 is 5.97 Å². The van der Waals surface area contributed by atoms with Gasteiger partial charge in [0.1, 0.15) is 23.9 Å². The standard InChI is InChI=1S/C22H17FO5/c23-18-10-16(12-26-21(25)14-6-8-19(24)9-7-14)20-17(11-18)13-27-22(28-20)15-4-2-1-3-5-15/h1-11,22,24H,12-13H2/t22-/m0/s1. The number of rotatable bonds is 4. The van der Waals surface area contributed by atoms with Crippen molar-refractivity contribution in [2.75, 3.05) is 0 Å². The maximum Gasteiger partial charge on any atom is 0.338 e. The molecule has 4 rings (SSSR count). The molecule has 3 aromatic rings. The lowest BCUT2D eigenvalue weighted by Gasteiger charge is -2.28. The van der Waals surface area contributed by atoms with Crippen LogP contribution in [0.1, 0.15) is 33.3 Å². The third-order valence-corrected chi connectivity index (χ3v) is 4.36. The predicted molar refractivity (Wildman–Crippen MR) is 98.2 cm³/mol.